The van der Waals surface area contributed by atoms with E-state index in [1.807, 2.05) is 0 Å². The average Bonchev–Trinajstić information content (AvgIpc) is 2.34. The van der Waals surface area contributed by atoms with Gasteiger partial charge in [-0.1, -0.05) is 18.5 Å². The van der Waals surface area contributed by atoms with Crippen LogP contribution in [0.15, 0.2) is 18.2 Å². The van der Waals surface area contributed by atoms with Crippen LogP contribution in [-0.4, -0.2) is 28.6 Å². The molecule has 0 fully saturated rings. The fourth-order valence-corrected chi connectivity index (χ4v) is 1.47. The van der Waals surface area contributed by atoms with Gasteiger partial charge in [-0.25, -0.2) is 0 Å². The van der Waals surface area contributed by atoms with Crippen LogP contribution in [0.5, 0.6) is 0 Å². The van der Waals surface area contributed by atoms with Crippen LogP contribution in [0.25, 0.3) is 0 Å². The van der Waals surface area contributed by atoms with Gasteiger partial charge in [-0.3, -0.25) is 14.9 Å². The Bertz CT molecular complexity index is 464. The minimum absolute atomic E-state index is 0.0407. The van der Waals surface area contributed by atoms with Crippen molar-refractivity contribution in [1.82, 2.24) is 5.32 Å². The second kappa shape index (κ2) is 6.32. The summed E-state index contributed by atoms with van der Waals surface area (Å²) in [5, 5.41) is 22.7. The summed E-state index contributed by atoms with van der Waals surface area (Å²) in [4.78, 5) is 21.9. The molecule has 0 spiro atoms. The van der Waals surface area contributed by atoms with Gasteiger partial charge in [-0.05, 0) is 18.6 Å². The smallest absolute Gasteiger partial charge is 0.282 e. The third kappa shape index (κ3) is 3.68. The number of nitrogens with one attached hydrogen (secondary N) is 1. The van der Waals surface area contributed by atoms with Gasteiger partial charge >= 0.3 is 0 Å². The van der Waals surface area contributed by atoms with Gasteiger partial charge in [0.25, 0.3) is 11.6 Å². The Morgan fingerprint density at radius 3 is 2.83 bits per heavy atom. The Morgan fingerprint density at radius 2 is 2.28 bits per heavy atom. The summed E-state index contributed by atoms with van der Waals surface area (Å²) >= 11 is 5.70. The number of rotatable bonds is 5. The molecule has 0 bridgehead atoms. The Hall–Kier alpha value is -1.66. The molecule has 1 aromatic carbocycles. The minimum atomic E-state index is -0.674. The molecule has 0 radical (unpaired) electrons. The molecular weight excluding hydrogens is 260 g/mol. The van der Waals surface area contributed by atoms with E-state index in [1.54, 1.807) is 6.92 Å². The number of carbonyl (C=O) groups is 1. The van der Waals surface area contributed by atoms with E-state index in [-0.39, 0.29) is 22.8 Å². The zero-order chi connectivity index (χ0) is 13.7. The number of nitro groups is 1. The summed E-state index contributed by atoms with van der Waals surface area (Å²) in [5.74, 6) is -0.628. The Labute approximate surface area is 109 Å². The maximum absolute atomic E-state index is 11.8. The van der Waals surface area contributed by atoms with Gasteiger partial charge < -0.3 is 10.4 Å². The van der Waals surface area contributed by atoms with Gasteiger partial charge in [0.15, 0.2) is 0 Å². The van der Waals surface area contributed by atoms with E-state index in [0.29, 0.717) is 6.42 Å². The largest absolute Gasteiger partial charge is 0.391 e. The highest BCUT2D eigenvalue weighted by atomic mass is 35.5. The highest BCUT2D eigenvalue weighted by molar-refractivity contribution is 6.31. The number of aliphatic hydroxyl groups is 1. The minimum Gasteiger partial charge on any atom is -0.391 e. The van der Waals surface area contributed by atoms with E-state index in [4.69, 9.17) is 11.6 Å². The summed E-state index contributed by atoms with van der Waals surface area (Å²) in [6, 6.07) is 3.75. The maximum Gasteiger partial charge on any atom is 0.282 e. The summed E-state index contributed by atoms with van der Waals surface area (Å²) in [7, 11) is 0. The van der Waals surface area contributed by atoms with Crippen molar-refractivity contribution in [2.75, 3.05) is 6.54 Å². The number of nitro benzene ring substituents is 1. The zero-order valence-electron chi connectivity index (χ0n) is 9.72. The molecule has 1 aromatic rings. The van der Waals surface area contributed by atoms with Crippen molar-refractivity contribution in [2.24, 2.45) is 0 Å². The molecule has 2 N–H and O–H groups in total. The van der Waals surface area contributed by atoms with Crippen molar-refractivity contribution in [3.8, 4) is 0 Å². The second-order valence-corrected chi connectivity index (χ2v) is 4.13. The number of benzene rings is 1. The van der Waals surface area contributed by atoms with Crippen LogP contribution in [0.4, 0.5) is 5.69 Å². The molecule has 18 heavy (non-hydrogen) atoms. The quantitative estimate of drug-likeness (QED) is 0.631. The first-order chi connectivity index (χ1) is 8.45. The van der Waals surface area contributed by atoms with Crippen LogP contribution in [0.2, 0.25) is 5.02 Å². The average molecular weight is 273 g/mol. The maximum atomic E-state index is 11.8. The lowest BCUT2D eigenvalue weighted by Crippen LogP contribution is -2.32. The monoisotopic (exact) mass is 272 g/mol. The summed E-state index contributed by atoms with van der Waals surface area (Å²) in [6.07, 6.45) is -0.190. The molecule has 1 amide bonds. The zero-order valence-corrected chi connectivity index (χ0v) is 10.5. The predicted molar refractivity (Wildman–Crippen MR) is 66.7 cm³/mol. The molecule has 0 heterocycles. The van der Waals surface area contributed by atoms with Gasteiger partial charge in [0.1, 0.15) is 5.56 Å². The van der Waals surface area contributed by atoms with Crippen LogP contribution in [-0.2, 0) is 0 Å². The van der Waals surface area contributed by atoms with Gasteiger partial charge in [0.2, 0.25) is 0 Å². The third-order valence-corrected chi connectivity index (χ3v) is 2.60. The molecule has 98 valence electrons. The van der Waals surface area contributed by atoms with Crippen LogP contribution in [0.1, 0.15) is 23.7 Å². The van der Waals surface area contributed by atoms with E-state index in [1.165, 1.54) is 18.2 Å². The summed E-state index contributed by atoms with van der Waals surface area (Å²) in [6.45, 7) is 1.80. The van der Waals surface area contributed by atoms with E-state index in [0.717, 1.165) is 0 Å². The highest BCUT2D eigenvalue weighted by Crippen LogP contribution is 2.22. The molecule has 0 aliphatic rings. The highest BCUT2D eigenvalue weighted by Gasteiger charge is 2.20. The van der Waals surface area contributed by atoms with Crippen molar-refractivity contribution >= 4 is 23.2 Å². The molecule has 1 rings (SSSR count). The molecule has 6 nitrogen and oxygen atoms in total. The fourth-order valence-electron chi connectivity index (χ4n) is 1.30. The first-order valence-electron chi connectivity index (χ1n) is 5.36. The Kier molecular flexibility index (Phi) is 5.06. The lowest BCUT2D eigenvalue weighted by molar-refractivity contribution is -0.385. The predicted octanol–water partition coefficient (Wildman–Crippen LogP) is 1.75. The molecular formula is C11H13ClN2O4. The molecule has 0 aromatic heterocycles. The van der Waals surface area contributed by atoms with Crippen molar-refractivity contribution in [2.45, 2.75) is 19.4 Å². The molecule has 1 atom stereocenters. The second-order valence-electron chi connectivity index (χ2n) is 3.69. The van der Waals surface area contributed by atoms with Gasteiger partial charge in [0, 0.05) is 17.6 Å². The van der Waals surface area contributed by atoms with Gasteiger partial charge in [-0.15, -0.1) is 0 Å². The molecule has 0 aliphatic heterocycles. The van der Waals surface area contributed by atoms with Crippen LogP contribution in [0, 0.1) is 10.1 Å². The van der Waals surface area contributed by atoms with Gasteiger partial charge in [-0.2, -0.15) is 0 Å². The number of hydrogen-bond acceptors (Lipinski definition) is 4. The Balaban J connectivity index is 2.90. The van der Waals surface area contributed by atoms with E-state index < -0.39 is 16.9 Å². The number of aliphatic hydroxyl groups excluding tert-OH is 1. The van der Waals surface area contributed by atoms with Crippen LogP contribution >= 0.6 is 11.6 Å². The van der Waals surface area contributed by atoms with Gasteiger partial charge in [0.05, 0.1) is 11.0 Å². The number of nitrogens with zero attached hydrogens (tertiary/aromatic N) is 1. The Morgan fingerprint density at radius 1 is 1.61 bits per heavy atom. The third-order valence-electron chi connectivity index (χ3n) is 2.37. The molecule has 0 saturated carbocycles. The first-order valence-corrected chi connectivity index (χ1v) is 5.73. The fraction of sp³-hybridized carbons (Fsp3) is 0.364. The van der Waals surface area contributed by atoms with Crippen molar-refractivity contribution < 1.29 is 14.8 Å². The van der Waals surface area contributed by atoms with E-state index in [9.17, 15) is 20.0 Å². The first kappa shape index (κ1) is 14.4. The van der Waals surface area contributed by atoms with E-state index in [2.05, 4.69) is 5.32 Å². The van der Waals surface area contributed by atoms with Crippen molar-refractivity contribution in [1.29, 1.82) is 0 Å². The standard InChI is InChI=1S/C11H13ClN2O4/c1-2-8(15)6-13-11(16)9-5-7(12)3-4-10(9)14(17)18/h3-5,8,15H,2,6H2,1H3,(H,13,16). The number of amides is 1. The lowest BCUT2D eigenvalue weighted by Gasteiger charge is -2.09. The summed E-state index contributed by atoms with van der Waals surface area (Å²) < 4.78 is 0. The number of hydrogen-bond donors (Lipinski definition) is 2. The number of halogens is 1. The lowest BCUT2D eigenvalue weighted by atomic mass is 10.1. The molecule has 0 aliphatic carbocycles. The topological polar surface area (TPSA) is 92.5 Å². The number of carbonyl (C=O) groups excluding carboxylic acids is 1. The molecule has 1 unspecified atom stereocenters. The normalized spacial score (nSPS) is 11.9. The van der Waals surface area contributed by atoms with E-state index >= 15 is 0 Å². The van der Waals surface area contributed by atoms with Crippen LogP contribution in [0.3, 0.4) is 0 Å². The molecule has 7 heteroatoms. The summed E-state index contributed by atoms with van der Waals surface area (Å²) in [5.41, 5.74) is -0.432. The molecule has 0 saturated heterocycles. The SMILES string of the molecule is CCC(O)CNC(=O)c1cc(Cl)ccc1[N+](=O)[O-]. The van der Waals surface area contributed by atoms with Crippen molar-refractivity contribution in [3.05, 3.63) is 38.9 Å². The van der Waals surface area contributed by atoms with Crippen LogP contribution < -0.4 is 5.32 Å². The van der Waals surface area contributed by atoms with Crippen molar-refractivity contribution in [3.63, 3.8) is 0 Å².